The van der Waals surface area contributed by atoms with Crippen LogP contribution in [-0.4, -0.2) is 34.8 Å². The summed E-state index contributed by atoms with van der Waals surface area (Å²) in [5, 5.41) is 2.96. The van der Waals surface area contributed by atoms with E-state index in [9.17, 15) is 4.79 Å². The number of para-hydroxylation sites is 2. The van der Waals surface area contributed by atoms with E-state index in [0.29, 0.717) is 12.3 Å². The van der Waals surface area contributed by atoms with Gasteiger partial charge in [0.2, 0.25) is 5.91 Å². The molecule has 2 atom stereocenters. The van der Waals surface area contributed by atoms with E-state index in [1.807, 2.05) is 60.0 Å². The number of ether oxygens (including phenoxy) is 2. The molecule has 0 saturated carbocycles. The van der Waals surface area contributed by atoms with Crippen LogP contribution < -0.4 is 10.1 Å². The minimum Gasteiger partial charge on any atom is -0.491 e. The van der Waals surface area contributed by atoms with Crippen LogP contribution in [0, 0.1) is 0 Å². The second-order valence-corrected chi connectivity index (χ2v) is 6.78. The fourth-order valence-corrected chi connectivity index (χ4v) is 3.29. The van der Waals surface area contributed by atoms with E-state index in [1.165, 1.54) is 0 Å². The molecule has 140 valence electrons. The normalized spacial score (nSPS) is 17.7. The Kier molecular flexibility index (Phi) is 5.07. The van der Waals surface area contributed by atoms with E-state index in [0.717, 1.165) is 36.2 Å². The van der Waals surface area contributed by atoms with E-state index in [2.05, 4.69) is 10.3 Å². The predicted molar refractivity (Wildman–Crippen MR) is 104 cm³/mol. The lowest BCUT2D eigenvalue weighted by Crippen LogP contribution is -2.23. The van der Waals surface area contributed by atoms with Crippen LogP contribution >= 0.6 is 0 Å². The fourth-order valence-electron chi connectivity index (χ4n) is 3.29. The number of hydrogen-bond acceptors (Lipinski definition) is 4. The first-order valence-electron chi connectivity index (χ1n) is 9.27. The first-order valence-corrected chi connectivity index (χ1v) is 9.27. The van der Waals surface area contributed by atoms with Crippen LogP contribution in [0.3, 0.4) is 0 Å². The third-order valence-electron chi connectivity index (χ3n) is 4.84. The van der Waals surface area contributed by atoms with Crippen molar-refractivity contribution in [1.82, 2.24) is 9.55 Å². The van der Waals surface area contributed by atoms with Crippen LogP contribution in [0.5, 0.6) is 5.75 Å². The van der Waals surface area contributed by atoms with Crippen LogP contribution in [0.2, 0.25) is 0 Å². The molecule has 0 unspecified atom stereocenters. The van der Waals surface area contributed by atoms with Gasteiger partial charge in [-0.25, -0.2) is 4.98 Å². The zero-order valence-corrected chi connectivity index (χ0v) is 15.3. The molecule has 2 aromatic carbocycles. The third-order valence-corrected chi connectivity index (χ3v) is 4.84. The highest BCUT2D eigenvalue weighted by Crippen LogP contribution is 2.22. The van der Waals surface area contributed by atoms with Gasteiger partial charge in [-0.3, -0.25) is 4.79 Å². The average molecular weight is 365 g/mol. The lowest BCUT2D eigenvalue weighted by atomic mass is 10.2. The number of carbonyl (C=O) groups excluding carboxylic acids is 1. The second-order valence-electron chi connectivity index (χ2n) is 6.78. The summed E-state index contributed by atoms with van der Waals surface area (Å²) in [5.41, 5.74) is 2.52. The Bertz CT molecular complexity index is 931. The summed E-state index contributed by atoms with van der Waals surface area (Å²) in [6, 6.07) is 14.9. The number of anilines is 1. The number of benzene rings is 2. The molecule has 1 fully saturated rings. The van der Waals surface area contributed by atoms with E-state index in [1.54, 1.807) is 6.33 Å². The number of imidazole rings is 1. The summed E-state index contributed by atoms with van der Waals surface area (Å²) in [6.07, 6.45) is 3.99. The quantitative estimate of drug-likeness (QED) is 0.722. The Morgan fingerprint density at radius 1 is 1.33 bits per heavy atom. The van der Waals surface area contributed by atoms with Crippen LogP contribution in [0.15, 0.2) is 54.9 Å². The maximum Gasteiger partial charge on any atom is 0.247 e. The lowest BCUT2D eigenvalue weighted by molar-refractivity contribution is -0.118. The monoisotopic (exact) mass is 365 g/mol. The lowest BCUT2D eigenvalue weighted by Gasteiger charge is -2.16. The molecule has 4 rings (SSSR count). The number of rotatable bonds is 6. The maximum atomic E-state index is 12.7. The molecule has 0 spiro atoms. The number of amides is 1. The average Bonchev–Trinajstić information content (AvgIpc) is 3.36. The van der Waals surface area contributed by atoms with Gasteiger partial charge in [0.05, 0.1) is 23.5 Å². The van der Waals surface area contributed by atoms with Crippen molar-refractivity contribution in [2.24, 2.45) is 0 Å². The molecule has 3 aromatic rings. The smallest absolute Gasteiger partial charge is 0.247 e. The summed E-state index contributed by atoms with van der Waals surface area (Å²) < 4.78 is 13.3. The third kappa shape index (κ3) is 3.95. The Balaban J connectivity index is 1.42. The minimum atomic E-state index is -0.381. The zero-order chi connectivity index (χ0) is 18.6. The van der Waals surface area contributed by atoms with Gasteiger partial charge < -0.3 is 19.4 Å². The van der Waals surface area contributed by atoms with Crippen molar-refractivity contribution >= 4 is 22.6 Å². The summed E-state index contributed by atoms with van der Waals surface area (Å²) in [6.45, 7) is 3.21. The molecule has 6 nitrogen and oxygen atoms in total. The molecule has 1 aliphatic rings. The first-order chi connectivity index (χ1) is 13.2. The van der Waals surface area contributed by atoms with Gasteiger partial charge in [-0.1, -0.05) is 18.2 Å². The standard InChI is InChI=1S/C21H23N3O3/c1-15(24-14-22-19-9-2-3-10-20(19)24)21(25)23-16-6-4-7-17(12-16)27-13-18-8-5-11-26-18/h2-4,6-7,9-10,12,14-15,18H,5,8,11,13H2,1H3,(H,23,25)/t15-,18+/m1/s1. The van der Waals surface area contributed by atoms with Crippen LogP contribution in [0.25, 0.3) is 11.0 Å². The number of nitrogens with zero attached hydrogens (tertiary/aromatic N) is 2. The molecule has 0 aliphatic carbocycles. The molecule has 1 amide bonds. The number of carbonyl (C=O) groups is 1. The molecule has 1 aromatic heterocycles. The second kappa shape index (κ2) is 7.80. The van der Waals surface area contributed by atoms with Crippen LogP contribution in [-0.2, 0) is 9.53 Å². The molecule has 1 aliphatic heterocycles. The summed E-state index contributed by atoms with van der Waals surface area (Å²) in [7, 11) is 0. The van der Waals surface area contributed by atoms with Crippen LogP contribution in [0.1, 0.15) is 25.8 Å². The molecule has 1 saturated heterocycles. The van der Waals surface area contributed by atoms with Crippen molar-refractivity contribution in [2.75, 3.05) is 18.5 Å². The number of fused-ring (bicyclic) bond motifs is 1. The van der Waals surface area contributed by atoms with Crippen molar-refractivity contribution in [3.8, 4) is 5.75 Å². The fraction of sp³-hybridized carbons (Fsp3) is 0.333. The SMILES string of the molecule is C[C@H](C(=O)Nc1cccc(OC[C@@H]2CCCO2)c1)n1cnc2ccccc21. The summed E-state index contributed by atoms with van der Waals surface area (Å²) in [5.74, 6) is 0.624. The molecule has 27 heavy (non-hydrogen) atoms. The van der Waals surface area contributed by atoms with E-state index in [-0.39, 0.29) is 18.1 Å². The van der Waals surface area contributed by atoms with Gasteiger partial charge in [-0.15, -0.1) is 0 Å². The Morgan fingerprint density at radius 3 is 3.07 bits per heavy atom. The highest BCUT2D eigenvalue weighted by molar-refractivity contribution is 5.94. The minimum absolute atomic E-state index is 0.102. The van der Waals surface area contributed by atoms with Crippen molar-refractivity contribution in [3.05, 3.63) is 54.9 Å². The van der Waals surface area contributed by atoms with Gasteiger partial charge in [-0.05, 0) is 44.0 Å². The van der Waals surface area contributed by atoms with Gasteiger partial charge in [-0.2, -0.15) is 0 Å². The molecular weight excluding hydrogens is 342 g/mol. The maximum absolute atomic E-state index is 12.7. The molecule has 0 radical (unpaired) electrons. The van der Waals surface area contributed by atoms with E-state index in [4.69, 9.17) is 9.47 Å². The molecule has 6 heteroatoms. The van der Waals surface area contributed by atoms with E-state index < -0.39 is 0 Å². The van der Waals surface area contributed by atoms with Crippen molar-refractivity contribution in [2.45, 2.75) is 31.9 Å². The summed E-state index contributed by atoms with van der Waals surface area (Å²) >= 11 is 0. The number of nitrogens with one attached hydrogen (secondary N) is 1. The van der Waals surface area contributed by atoms with Gasteiger partial charge in [0.1, 0.15) is 18.4 Å². The Hall–Kier alpha value is -2.86. The predicted octanol–water partition coefficient (Wildman–Crippen LogP) is 3.79. The van der Waals surface area contributed by atoms with Crippen molar-refractivity contribution in [1.29, 1.82) is 0 Å². The van der Waals surface area contributed by atoms with Crippen molar-refractivity contribution in [3.63, 3.8) is 0 Å². The molecule has 0 bridgehead atoms. The first kappa shape index (κ1) is 17.5. The van der Waals surface area contributed by atoms with Gasteiger partial charge >= 0.3 is 0 Å². The number of aromatic nitrogens is 2. The van der Waals surface area contributed by atoms with E-state index >= 15 is 0 Å². The summed E-state index contributed by atoms with van der Waals surface area (Å²) in [4.78, 5) is 17.1. The highest BCUT2D eigenvalue weighted by Gasteiger charge is 2.18. The number of hydrogen-bond donors (Lipinski definition) is 1. The molecular formula is C21H23N3O3. The topological polar surface area (TPSA) is 65.4 Å². The molecule has 2 heterocycles. The molecule has 1 N–H and O–H groups in total. The van der Waals surface area contributed by atoms with Gasteiger partial charge in [0.25, 0.3) is 0 Å². The zero-order valence-electron chi connectivity index (χ0n) is 15.3. The van der Waals surface area contributed by atoms with Crippen molar-refractivity contribution < 1.29 is 14.3 Å². The highest BCUT2D eigenvalue weighted by atomic mass is 16.5. The van der Waals surface area contributed by atoms with Gasteiger partial charge in [0.15, 0.2) is 0 Å². The Morgan fingerprint density at radius 2 is 2.22 bits per heavy atom. The van der Waals surface area contributed by atoms with Gasteiger partial charge in [0, 0.05) is 18.4 Å². The largest absolute Gasteiger partial charge is 0.491 e. The Labute approximate surface area is 158 Å². The van der Waals surface area contributed by atoms with Crippen LogP contribution in [0.4, 0.5) is 5.69 Å².